The van der Waals surface area contributed by atoms with Gasteiger partial charge in [0.1, 0.15) is 10.8 Å². The second-order valence-electron chi connectivity index (χ2n) is 7.77. The Hall–Kier alpha value is -3.03. The Morgan fingerprint density at radius 1 is 1.03 bits per heavy atom. The molecular weight excluding hydrogens is 451 g/mol. The van der Waals surface area contributed by atoms with Crippen LogP contribution in [0.1, 0.15) is 5.56 Å². The first-order valence-electron chi connectivity index (χ1n) is 10.3. The van der Waals surface area contributed by atoms with E-state index in [1.807, 2.05) is 29.2 Å². The molecule has 1 amide bonds. The zero-order valence-electron chi connectivity index (χ0n) is 17.1. The summed E-state index contributed by atoms with van der Waals surface area (Å²) in [5.74, 6) is 0.670. The van der Waals surface area contributed by atoms with E-state index in [0.29, 0.717) is 54.7 Å². The minimum atomic E-state index is -0.532. The van der Waals surface area contributed by atoms with E-state index in [1.165, 1.54) is 4.68 Å². The molecule has 2 aliphatic heterocycles. The second-order valence-corrected chi connectivity index (χ2v) is 8.59. The molecule has 1 aromatic heterocycles. The first-order valence-corrected chi connectivity index (χ1v) is 11.1. The van der Waals surface area contributed by atoms with Crippen LogP contribution in [0.15, 0.2) is 59.5 Å². The first-order chi connectivity index (χ1) is 15.5. The van der Waals surface area contributed by atoms with Gasteiger partial charge in [-0.1, -0.05) is 41.4 Å². The average Bonchev–Trinajstić information content (AvgIpc) is 3.24. The molecular formula is C23H20Cl2N4O3. The molecule has 2 aliphatic rings. The molecule has 0 unspecified atom stereocenters. The lowest BCUT2D eigenvalue weighted by Crippen LogP contribution is -2.52. The van der Waals surface area contributed by atoms with E-state index in [0.717, 1.165) is 5.56 Å². The second kappa shape index (κ2) is 8.48. The maximum atomic E-state index is 13.0. The Morgan fingerprint density at radius 3 is 2.53 bits per heavy atom. The Kier molecular flexibility index (Phi) is 5.53. The number of carbonyl (C=O) groups excluding carboxylic acids is 1. The fourth-order valence-electron chi connectivity index (χ4n) is 4.12. The summed E-state index contributed by atoms with van der Waals surface area (Å²) in [5.41, 5.74) is 1.81. The van der Waals surface area contributed by atoms with Gasteiger partial charge in [0.2, 0.25) is 0 Å². The summed E-state index contributed by atoms with van der Waals surface area (Å²) in [5, 5.41) is 5.05. The molecule has 1 atom stereocenters. The maximum Gasteiger partial charge on any atom is 0.292 e. The Morgan fingerprint density at radius 2 is 1.78 bits per heavy atom. The van der Waals surface area contributed by atoms with E-state index in [4.69, 9.17) is 27.9 Å². The number of piperazine rings is 1. The van der Waals surface area contributed by atoms with Gasteiger partial charge in [0.15, 0.2) is 6.10 Å². The number of nitrogens with zero attached hydrogens (tertiary/aromatic N) is 4. The summed E-state index contributed by atoms with van der Waals surface area (Å²) in [4.78, 5) is 29.5. The molecule has 3 heterocycles. The number of amides is 1. The third kappa shape index (κ3) is 3.82. The van der Waals surface area contributed by atoms with Gasteiger partial charge >= 0.3 is 0 Å². The standard InChI is InChI=1S/C23H20Cl2N4O3/c24-16-6-7-19-15(12-16)13-20(32-19)22(30)28-10-8-27(9-11-28)18-14-26-29(23(31)21(18)25)17-4-2-1-3-5-17/h1-7,12,14,20H,8-11,13H2/t20-/m1/s1. The Balaban J connectivity index is 1.26. The Labute approximate surface area is 194 Å². The van der Waals surface area contributed by atoms with Crippen LogP contribution in [-0.2, 0) is 11.2 Å². The van der Waals surface area contributed by atoms with Crippen molar-refractivity contribution >= 4 is 34.8 Å². The third-order valence-corrected chi connectivity index (χ3v) is 6.40. The number of ether oxygens (including phenoxy) is 1. The highest BCUT2D eigenvalue weighted by Gasteiger charge is 2.34. The molecule has 7 nitrogen and oxygen atoms in total. The van der Waals surface area contributed by atoms with E-state index in [1.54, 1.807) is 35.4 Å². The normalized spacial score (nSPS) is 17.8. The van der Waals surface area contributed by atoms with Crippen molar-refractivity contribution in [1.29, 1.82) is 0 Å². The predicted octanol–water partition coefficient (Wildman–Crippen LogP) is 3.19. The lowest BCUT2D eigenvalue weighted by molar-refractivity contribution is -0.138. The van der Waals surface area contributed by atoms with Crippen molar-refractivity contribution in [2.24, 2.45) is 0 Å². The van der Waals surface area contributed by atoms with E-state index < -0.39 is 6.10 Å². The van der Waals surface area contributed by atoms with Gasteiger partial charge in [0.25, 0.3) is 11.5 Å². The highest BCUT2D eigenvalue weighted by Crippen LogP contribution is 2.32. The fourth-order valence-corrected chi connectivity index (χ4v) is 4.57. The van der Waals surface area contributed by atoms with Crippen molar-refractivity contribution in [1.82, 2.24) is 14.7 Å². The first kappa shape index (κ1) is 20.8. The summed E-state index contributed by atoms with van der Waals surface area (Å²) < 4.78 is 7.12. The molecule has 3 aromatic rings. The van der Waals surface area contributed by atoms with Gasteiger partial charge in [-0.25, -0.2) is 0 Å². The fraction of sp³-hybridized carbons (Fsp3) is 0.261. The van der Waals surface area contributed by atoms with Gasteiger partial charge in [0, 0.05) is 37.6 Å². The van der Waals surface area contributed by atoms with Crippen LogP contribution in [0.25, 0.3) is 5.69 Å². The van der Waals surface area contributed by atoms with E-state index >= 15 is 0 Å². The van der Waals surface area contributed by atoms with Gasteiger partial charge in [-0.15, -0.1) is 0 Å². The molecule has 0 aliphatic carbocycles. The van der Waals surface area contributed by atoms with Crippen LogP contribution < -0.4 is 15.2 Å². The molecule has 1 saturated heterocycles. The highest BCUT2D eigenvalue weighted by atomic mass is 35.5. The number of aromatic nitrogens is 2. The number of anilines is 1. The molecule has 32 heavy (non-hydrogen) atoms. The number of carbonyl (C=O) groups is 1. The van der Waals surface area contributed by atoms with Crippen molar-refractivity contribution in [2.45, 2.75) is 12.5 Å². The minimum Gasteiger partial charge on any atom is -0.480 e. The minimum absolute atomic E-state index is 0.0410. The number of para-hydroxylation sites is 1. The maximum absolute atomic E-state index is 13.0. The van der Waals surface area contributed by atoms with Gasteiger partial charge in [0.05, 0.1) is 17.6 Å². The SMILES string of the molecule is O=C([C@H]1Cc2cc(Cl)ccc2O1)N1CCN(c2cnn(-c3ccccc3)c(=O)c2Cl)CC1. The van der Waals surface area contributed by atoms with Crippen LogP contribution in [0, 0.1) is 0 Å². The smallest absolute Gasteiger partial charge is 0.292 e. The van der Waals surface area contributed by atoms with Crippen molar-refractivity contribution in [3.05, 3.63) is 80.7 Å². The highest BCUT2D eigenvalue weighted by molar-refractivity contribution is 6.33. The number of hydrogen-bond donors (Lipinski definition) is 0. The van der Waals surface area contributed by atoms with Crippen LogP contribution in [0.4, 0.5) is 5.69 Å². The summed E-state index contributed by atoms with van der Waals surface area (Å²) >= 11 is 12.5. The number of benzene rings is 2. The van der Waals surface area contributed by atoms with Crippen LogP contribution in [0.5, 0.6) is 5.75 Å². The van der Waals surface area contributed by atoms with Crippen LogP contribution >= 0.6 is 23.2 Å². The summed E-state index contributed by atoms with van der Waals surface area (Å²) in [6.07, 6.45) is 1.59. The van der Waals surface area contributed by atoms with Crippen molar-refractivity contribution in [2.75, 3.05) is 31.1 Å². The van der Waals surface area contributed by atoms with E-state index in [-0.39, 0.29) is 16.5 Å². The topological polar surface area (TPSA) is 67.7 Å². The zero-order valence-corrected chi connectivity index (χ0v) is 18.6. The van der Waals surface area contributed by atoms with Crippen LogP contribution in [-0.4, -0.2) is 52.9 Å². The third-order valence-electron chi connectivity index (χ3n) is 5.81. The lowest BCUT2D eigenvalue weighted by Gasteiger charge is -2.37. The molecule has 2 aromatic carbocycles. The van der Waals surface area contributed by atoms with Crippen molar-refractivity contribution < 1.29 is 9.53 Å². The lowest BCUT2D eigenvalue weighted by atomic mass is 10.1. The molecule has 0 spiro atoms. The zero-order chi connectivity index (χ0) is 22.2. The van der Waals surface area contributed by atoms with Gasteiger partial charge in [-0.2, -0.15) is 9.78 Å². The molecule has 9 heteroatoms. The van der Waals surface area contributed by atoms with Gasteiger partial charge in [-0.3, -0.25) is 9.59 Å². The van der Waals surface area contributed by atoms with E-state index in [2.05, 4.69) is 5.10 Å². The number of rotatable bonds is 3. The van der Waals surface area contributed by atoms with Crippen LogP contribution in [0.2, 0.25) is 10.0 Å². The molecule has 0 radical (unpaired) electrons. The molecule has 5 rings (SSSR count). The molecule has 164 valence electrons. The average molecular weight is 471 g/mol. The quantitative estimate of drug-likeness (QED) is 0.587. The Bertz CT molecular complexity index is 1220. The molecule has 0 saturated carbocycles. The predicted molar refractivity (Wildman–Crippen MR) is 123 cm³/mol. The summed E-state index contributed by atoms with van der Waals surface area (Å²) in [6, 6.07) is 14.5. The summed E-state index contributed by atoms with van der Waals surface area (Å²) in [7, 11) is 0. The van der Waals surface area contributed by atoms with E-state index in [9.17, 15) is 9.59 Å². The number of fused-ring (bicyclic) bond motifs is 1. The largest absolute Gasteiger partial charge is 0.480 e. The molecule has 1 fully saturated rings. The summed E-state index contributed by atoms with van der Waals surface area (Å²) in [6.45, 7) is 2.11. The van der Waals surface area contributed by atoms with Crippen molar-refractivity contribution in [3.8, 4) is 11.4 Å². The monoisotopic (exact) mass is 470 g/mol. The molecule has 0 N–H and O–H groups in total. The van der Waals surface area contributed by atoms with Crippen LogP contribution in [0.3, 0.4) is 0 Å². The van der Waals surface area contributed by atoms with Crippen molar-refractivity contribution in [3.63, 3.8) is 0 Å². The van der Waals surface area contributed by atoms with Gasteiger partial charge < -0.3 is 14.5 Å². The van der Waals surface area contributed by atoms with Gasteiger partial charge in [-0.05, 0) is 35.9 Å². The number of hydrogen-bond acceptors (Lipinski definition) is 5. The number of halogens is 2. The molecule has 0 bridgehead atoms.